The zero-order valence-electron chi connectivity index (χ0n) is 16.8. The first-order chi connectivity index (χ1) is 13.4. The van der Waals surface area contributed by atoms with Gasteiger partial charge in [-0.15, -0.1) is 11.6 Å². The SMILES string of the molecule is C[C@H]1CC2[C@@H]3C[C@H](F)C4=CC(=O)C=C[C@]4(C)[C@@]3(F)[C@@H](O)CC2(C)[C@@]1(O)C(=O)CCl. The summed E-state index contributed by atoms with van der Waals surface area (Å²) >= 11 is 5.78. The summed E-state index contributed by atoms with van der Waals surface area (Å²) in [5.74, 6) is -3.24. The van der Waals surface area contributed by atoms with Gasteiger partial charge in [-0.2, -0.15) is 0 Å². The maximum Gasteiger partial charge on any atom is 0.179 e. The van der Waals surface area contributed by atoms with Gasteiger partial charge in [-0.05, 0) is 55.7 Å². The van der Waals surface area contributed by atoms with Crippen molar-refractivity contribution in [1.29, 1.82) is 0 Å². The van der Waals surface area contributed by atoms with Crippen molar-refractivity contribution in [3.05, 3.63) is 23.8 Å². The molecule has 7 heteroatoms. The van der Waals surface area contributed by atoms with Crippen molar-refractivity contribution >= 4 is 23.2 Å². The van der Waals surface area contributed by atoms with Crippen molar-refractivity contribution in [2.75, 3.05) is 5.88 Å². The molecule has 0 aromatic rings. The lowest BCUT2D eigenvalue weighted by molar-refractivity contribution is -0.222. The van der Waals surface area contributed by atoms with Crippen molar-refractivity contribution in [3.8, 4) is 0 Å². The molecule has 2 unspecified atom stereocenters. The Balaban J connectivity index is 1.87. The first-order valence-corrected chi connectivity index (χ1v) is 10.7. The van der Waals surface area contributed by atoms with E-state index in [-0.39, 0.29) is 24.3 Å². The number of rotatable bonds is 2. The third kappa shape index (κ3) is 2.26. The molecule has 0 amide bonds. The van der Waals surface area contributed by atoms with Gasteiger partial charge in [0.25, 0.3) is 0 Å². The van der Waals surface area contributed by atoms with Crippen LogP contribution >= 0.6 is 11.6 Å². The van der Waals surface area contributed by atoms with Crippen LogP contribution in [-0.4, -0.2) is 51.2 Å². The van der Waals surface area contributed by atoms with E-state index >= 15 is 8.78 Å². The topological polar surface area (TPSA) is 74.6 Å². The Hall–Kier alpha value is -1.11. The molecule has 0 radical (unpaired) electrons. The third-order valence-electron chi connectivity index (χ3n) is 8.76. The van der Waals surface area contributed by atoms with Crippen LogP contribution in [0.1, 0.15) is 40.0 Å². The molecule has 160 valence electrons. The molecular formula is C22H27ClF2O4. The van der Waals surface area contributed by atoms with E-state index in [1.165, 1.54) is 19.1 Å². The van der Waals surface area contributed by atoms with E-state index in [1.54, 1.807) is 13.8 Å². The summed E-state index contributed by atoms with van der Waals surface area (Å²) in [5, 5.41) is 22.5. The molecule has 3 saturated carbocycles. The van der Waals surface area contributed by atoms with Crippen LogP contribution in [0, 0.1) is 28.6 Å². The lowest BCUT2D eigenvalue weighted by Crippen LogP contribution is -2.70. The van der Waals surface area contributed by atoms with Gasteiger partial charge in [-0.1, -0.05) is 19.9 Å². The van der Waals surface area contributed by atoms with Crippen LogP contribution < -0.4 is 0 Å². The van der Waals surface area contributed by atoms with Crippen molar-refractivity contribution in [1.82, 2.24) is 0 Å². The number of aliphatic hydroxyl groups is 2. The molecule has 0 aromatic carbocycles. The van der Waals surface area contributed by atoms with E-state index in [2.05, 4.69) is 0 Å². The zero-order valence-corrected chi connectivity index (χ0v) is 17.5. The van der Waals surface area contributed by atoms with Gasteiger partial charge >= 0.3 is 0 Å². The van der Waals surface area contributed by atoms with Crippen LogP contribution in [0.15, 0.2) is 23.8 Å². The minimum absolute atomic E-state index is 0.0598. The number of hydrogen-bond donors (Lipinski definition) is 2. The van der Waals surface area contributed by atoms with Gasteiger partial charge < -0.3 is 10.2 Å². The Morgan fingerprint density at radius 1 is 1.31 bits per heavy atom. The quantitative estimate of drug-likeness (QED) is 0.663. The molecule has 0 heterocycles. The van der Waals surface area contributed by atoms with Crippen LogP contribution in [-0.2, 0) is 9.59 Å². The molecule has 3 fully saturated rings. The number of hydrogen-bond acceptors (Lipinski definition) is 4. The molecular weight excluding hydrogens is 402 g/mol. The van der Waals surface area contributed by atoms with E-state index in [1.807, 2.05) is 0 Å². The summed E-state index contributed by atoms with van der Waals surface area (Å²) in [6.45, 7) is 4.94. The lowest BCUT2D eigenvalue weighted by Gasteiger charge is -2.63. The number of allylic oxidation sites excluding steroid dienone is 4. The average molecular weight is 429 g/mol. The number of Topliss-reactive ketones (excluding diaryl/α,β-unsaturated/α-hetero) is 1. The van der Waals surface area contributed by atoms with Crippen LogP contribution in [0.3, 0.4) is 0 Å². The molecule has 9 atom stereocenters. The lowest BCUT2D eigenvalue weighted by atomic mass is 9.44. The monoisotopic (exact) mass is 428 g/mol. The molecule has 4 aliphatic carbocycles. The van der Waals surface area contributed by atoms with Crippen molar-refractivity contribution < 1.29 is 28.6 Å². The Morgan fingerprint density at radius 2 is 1.97 bits per heavy atom. The highest BCUT2D eigenvalue weighted by atomic mass is 35.5. The van der Waals surface area contributed by atoms with Gasteiger partial charge in [0.2, 0.25) is 0 Å². The molecule has 2 N–H and O–H groups in total. The van der Waals surface area contributed by atoms with Gasteiger partial charge in [-0.25, -0.2) is 8.78 Å². The van der Waals surface area contributed by atoms with Crippen molar-refractivity contribution in [2.24, 2.45) is 28.6 Å². The molecule has 0 aliphatic heterocycles. The molecule has 4 aliphatic rings. The number of ketones is 2. The maximum absolute atomic E-state index is 16.9. The zero-order chi connectivity index (χ0) is 21.6. The van der Waals surface area contributed by atoms with Crippen LogP contribution in [0.25, 0.3) is 0 Å². The predicted molar refractivity (Wildman–Crippen MR) is 104 cm³/mol. The second kappa shape index (κ2) is 6.21. The average Bonchev–Trinajstić information content (AvgIpc) is 2.86. The van der Waals surface area contributed by atoms with Gasteiger partial charge in [0, 0.05) is 16.7 Å². The summed E-state index contributed by atoms with van der Waals surface area (Å²) in [5.41, 5.74) is -6.54. The summed E-state index contributed by atoms with van der Waals surface area (Å²) in [7, 11) is 0. The summed E-state index contributed by atoms with van der Waals surface area (Å²) in [6, 6.07) is 0. The van der Waals surface area contributed by atoms with E-state index in [0.29, 0.717) is 6.42 Å². The van der Waals surface area contributed by atoms with E-state index in [4.69, 9.17) is 11.6 Å². The van der Waals surface area contributed by atoms with E-state index < -0.39 is 63.7 Å². The Kier molecular flexibility index (Phi) is 4.52. The second-order valence-corrected chi connectivity index (χ2v) is 10.1. The Bertz CT molecular complexity index is 843. The number of carbonyl (C=O) groups excluding carboxylic acids is 2. The number of fused-ring (bicyclic) bond motifs is 5. The Morgan fingerprint density at radius 3 is 2.59 bits per heavy atom. The number of carbonyl (C=O) groups is 2. The van der Waals surface area contributed by atoms with Gasteiger partial charge in [0.1, 0.15) is 11.8 Å². The summed E-state index contributed by atoms with van der Waals surface area (Å²) in [4.78, 5) is 24.5. The molecule has 29 heavy (non-hydrogen) atoms. The fraction of sp³-hybridized carbons (Fsp3) is 0.727. The van der Waals surface area contributed by atoms with Gasteiger partial charge in [0.05, 0.1) is 12.0 Å². The first kappa shape index (κ1) is 21.1. The molecule has 0 saturated heterocycles. The smallest absolute Gasteiger partial charge is 0.179 e. The van der Waals surface area contributed by atoms with Crippen LogP contribution in [0.4, 0.5) is 8.78 Å². The summed E-state index contributed by atoms with van der Waals surface area (Å²) < 4.78 is 32.1. The fourth-order valence-electron chi connectivity index (χ4n) is 7.24. The highest BCUT2D eigenvalue weighted by Gasteiger charge is 2.76. The highest BCUT2D eigenvalue weighted by molar-refractivity contribution is 6.29. The Labute approximate surface area is 174 Å². The maximum atomic E-state index is 16.9. The standard InChI is InChI=1S/C22H27ClF2O4/c1-11-6-13-14-8-16(24)15-7-12(26)4-5-19(15,2)21(14,25)17(27)9-20(13,3)22(11,29)18(28)10-23/h4-5,7,11,13-14,16-17,27,29H,6,8-10H2,1-3H3/t11-,13?,14-,16-,17-,19-,20?,21-,22-/m0/s1. The van der Waals surface area contributed by atoms with Gasteiger partial charge in [0.15, 0.2) is 17.2 Å². The van der Waals surface area contributed by atoms with Gasteiger partial charge in [-0.3, -0.25) is 9.59 Å². The van der Waals surface area contributed by atoms with Crippen LogP contribution in [0.2, 0.25) is 0 Å². The molecule has 0 spiro atoms. The predicted octanol–water partition coefficient (Wildman–Crippen LogP) is 3.09. The number of aliphatic hydroxyl groups excluding tert-OH is 1. The third-order valence-corrected chi connectivity index (χ3v) is 9.00. The van der Waals surface area contributed by atoms with Crippen molar-refractivity contribution in [3.63, 3.8) is 0 Å². The van der Waals surface area contributed by atoms with E-state index in [0.717, 1.165) is 6.08 Å². The summed E-state index contributed by atoms with van der Waals surface area (Å²) in [6.07, 6.45) is 0.674. The highest BCUT2D eigenvalue weighted by Crippen LogP contribution is 2.70. The molecule has 4 nitrogen and oxygen atoms in total. The number of alkyl halides is 3. The van der Waals surface area contributed by atoms with Crippen LogP contribution in [0.5, 0.6) is 0 Å². The largest absolute Gasteiger partial charge is 0.390 e. The first-order valence-electron chi connectivity index (χ1n) is 10.2. The fourth-order valence-corrected chi connectivity index (χ4v) is 7.44. The van der Waals surface area contributed by atoms with E-state index in [9.17, 15) is 19.8 Å². The normalized spacial score (nSPS) is 53.7. The van der Waals surface area contributed by atoms with Crippen molar-refractivity contribution in [2.45, 2.75) is 63.6 Å². The number of halogens is 3. The minimum Gasteiger partial charge on any atom is -0.390 e. The molecule has 4 rings (SSSR count). The second-order valence-electron chi connectivity index (χ2n) is 9.82. The molecule has 0 bridgehead atoms. The minimum atomic E-state index is -2.21. The molecule has 0 aromatic heterocycles.